The quantitative estimate of drug-likeness (QED) is 0.881. The molecule has 0 bridgehead atoms. The molecule has 1 amide bonds. The van der Waals surface area contributed by atoms with Crippen molar-refractivity contribution < 1.29 is 14.6 Å². The van der Waals surface area contributed by atoms with Gasteiger partial charge in [-0.15, -0.1) is 0 Å². The maximum Gasteiger partial charge on any atom is 0.407 e. The van der Waals surface area contributed by atoms with E-state index in [2.05, 4.69) is 26.2 Å². The molecule has 1 rings (SSSR count). The number of aromatic hydroxyl groups is 1. The van der Waals surface area contributed by atoms with Gasteiger partial charge in [0.05, 0.1) is 6.54 Å². The number of alkyl carbamates (subject to hydrolysis) is 1. The van der Waals surface area contributed by atoms with Crippen LogP contribution in [0.1, 0.15) is 26.3 Å². The number of nitrogens with one attached hydrogen (secondary N) is 1. The smallest absolute Gasteiger partial charge is 0.407 e. The van der Waals surface area contributed by atoms with E-state index in [9.17, 15) is 9.90 Å². The van der Waals surface area contributed by atoms with Crippen molar-refractivity contribution >= 4 is 22.0 Å². The molecule has 5 nitrogen and oxygen atoms in total. The Morgan fingerprint density at radius 3 is 2.76 bits per heavy atom. The number of pyridine rings is 1. The molecule has 0 aromatic carbocycles. The highest BCUT2D eigenvalue weighted by Gasteiger charge is 2.16. The first-order valence-electron chi connectivity index (χ1n) is 5.09. The molecule has 0 aliphatic rings. The third-order valence-corrected chi connectivity index (χ3v) is 2.53. The van der Waals surface area contributed by atoms with E-state index in [-0.39, 0.29) is 12.4 Å². The summed E-state index contributed by atoms with van der Waals surface area (Å²) >= 11 is 3.27. The number of hydrogen-bond donors (Lipinski definition) is 2. The number of rotatable bonds is 2. The summed E-state index contributed by atoms with van der Waals surface area (Å²) in [7, 11) is 0. The van der Waals surface area contributed by atoms with Crippen LogP contribution in [-0.2, 0) is 11.3 Å². The molecule has 0 fully saturated rings. The number of amides is 1. The fourth-order valence-electron chi connectivity index (χ4n) is 1.10. The van der Waals surface area contributed by atoms with E-state index in [1.165, 1.54) is 6.20 Å². The average molecular weight is 303 g/mol. The molecule has 0 aliphatic heterocycles. The fourth-order valence-corrected chi connectivity index (χ4v) is 1.53. The molecule has 6 heteroatoms. The molecule has 0 saturated carbocycles. The van der Waals surface area contributed by atoms with Crippen LogP contribution in [0.5, 0.6) is 5.88 Å². The van der Waals surface area contributed by atoms with E-state index in [0.717, 1.165) is 0 Å². The highest BCUT2D eigenvalue weighted by Crippen LogP contribution is 2.22. The number of hydrogen-bond acceptors (Lipinski definition) is 4. The van der Waals surface area contributed by atoms with E-state index >= 15 is 0 Å². The summed E-state index contributed by atoms with van der Waals surface area (Å²) in [6.45, 7) is 5.49. The lowest BCUT2D eigenvalue weighted by Gasteiger charge is -2.19. The van der Waals surface area contributed by atoms with Crippen LogP contribution in [0.3, 0.4) is 0 Å². The Balaban J connectivity index is 2.59. The van der Waals surface area contributed by atoms with Crippen LogP contribution >= 0.6 is 15.9 Å². The van der Waals surface area contributed by atoms with Gasteiger partial charge in [0.25, 0.3) is 0 Å². The molecule has 1 heterocycles. The van der Waals surface area contributed by atoms with Gasteiger partial charge in [0.2, 0.25) is 5.88 Å². The van der Waals surface area contributed by atoms with Crippen LogP contribution in [0.25, 0.3) is 0 Å². The van der Waals surface area contributed by atoms with Gasteiger partial charge in [-0.05, 0) is 26.8 Å². The Morgan fingerprint density at radius 2 is 2.24 bits per heavy atom. The predicted molar refractivity (Wildman–Crippen MR) is 66.7 cm³/mol. The van der Waals surface area contributed by atoms with E-state index < -0.39 is 11.7 Å². The van der Waals surface area contributed by atoms with Crippen molar-refractivity contribution in [3.63, 3.8) is 0 Å². The molecule has 1 aromatic rings. The predicted octanol–water partition coefficient (Wildman–Crippen LogP) is 2.57. The molecule has 1 aromatic heterocycles. The first kappa shape index (κ1) is 13.8. The molecule has 0 unspecified atom stereocenters. The molecule has 2 N–H and O–H groups in total. The maximum atomic E-state index is 11.4. The minimum atomic E-state index is -0.543. The third kappa shape index (κ3) is 4.60. The Bertz CT molecular complexity index is 395. The number of carbonyl (C=O) groups is 1. The van der Waals surface area contributed by atoms with E-state index in [1.807, 2.05) is 0 Å². The molecular formula is C11H15BrN2O3. The highest BCUT2D eigenvalue weighted by atomic mass is 79.9. The van der Waals surface area contributed by atoms with Crippen LogP contribution in [0.15, 0.2) is 16.7 Å². The minimum absolute atomic E-state index is 0.115. The van der Waals surface area contributed by atoms with E-state index in [1.54, 1.807) is 26.8 Å². The Morgan fingerprint density at radius 1 is 1.59 bits per heavy atom. The second-order valence-corrected chi connectivity index (χ2v) is 5.30. The highest BCUT2D eigenvalue weighted by molar-refractivity contribution is 9.10. The van der Waals surface area contributed by atoms with Crippen LogP contribution in [-0.4, -0.2) is 21.8 Å². The molecule has 17 heavy (non-hydrogen) atoms. The molecule has 0 atom stereocenters. The van der Waals surface area contributed by atoms with Crippen molar-refractivity contribution in [3.05, 3.63) is 22.3 Å². The van der Waals surface area contributed by atoms with Gasteiger partial charge in [-0.1, -0.05) is 15.9 Å². The second kappa shape index (κ2) is 5.35. The summed E-state index contributed by atoms with van der Waals surface area (Å²) in [6.07, 6.45) is 0.934. The van der Waals surface area contributed by atoms with Crippen LogP contribution in [0, 0.1) is 0 Å². The summed E-state index contributed by atoms with van der Waals surface area (Å²) in [4.78, 5) is 15.1. The molecular weight excluding hydrogens is 288 g/mol. The van der Waals surface area contributed by atoms with Crippen molar-refractivity contribution in [3.8, 4) is 5.88 Å². The van der Waals surface area contributed by atoms with Gasteiger partial charge < -0.3 is 15.2 Å². The van der Waals surface area contributed by atoms with Gasteiger partial charge in [0, 0.05) is 16.2 Å². The average Bonchev–Trinajstić information content (AvgIpc) is 2.14. The van der Waals surface area contributed by atoms with Gasteiger partial charge in [-0.3, -0.25) is 0 Å². The summed E-state index contributed by atoms with van der Waals surface area (Å²) < 4.78 is 5.75. The lowest BCUT2D eigenvalue weighted by atomic mass is 10.2. The van der Waals surface area contributed by atoms with Crippen molar-refractivity contribution in [2.45, 2.75) is 32.9 Å². The fraction of sp³-hybridized carbons (Fsp3) is 0.455. The first-order valence-corrected chi connectivity index (χ1v) is 5.88. The van der Waals surface area contributed by atoms with Gasteiger partial charge in [0.15, 0.2) is 0 Å². The number of aromatic nitrogens is 1. The van der Waals surface area contributed by atoms with Crippen molar-refractivity contribution in [1.29, 1.82) is 0 Å². The van der Waals surface area contributed by atoms with Crippen LogP contribution in [0.4, 0.5) is 4.79 Å². The number of carbonyl (C=O) groups excluding carboxylic acids is 1. The lowest BCUT2D eigenvalue weighted by molar-refractivity contribution is 0.0523. The van der Waals surface area contributed by atoms with Crippen molar-refractivity contribution in [1.82, 2.24) is 10.3 Å². The second-order valence-electron chi connectivity index (χ2n) is 4.45. The van der Waals surface area contributed by atoms with Crippen LogP contribution < -0.4 is 5.32 Å². The molecule has 94 valence electrons. The third-order valence-electron chi connectivity index (χ3n) is 1.78. The zero-order valence-corrected chi connectivity index (χ0v) is 11.5. The summed E-state index contributed by atoms with van der Waals surface area (Å²) in [5.74, 6) is -0.115. The Labute approximate surface area is 108 Å². The lowest BCUT2D eigenvalue weighted by Crippen LogP contribution is -2.32. The normalized spacial score (nSPS) is 11.1. The molecule has 0 aliphatic carbocycles. The van der Waals surface area contributed by atoms with Crippen molar-refractivity contribution in [2.24, 2.45) is 0 Å². The van der Waals surface area contributed by atoms with Gasteiger partial charge in [0.1, 0.15) is 5.60 Å². The maximum absolute atomic E-state index is 11.4. The van der Waals surface area contributed by atoms with E-state index in [0.29, 0.717) is 10.0 Å². The summed E-state index contributed by atoms with van der Waals surface area (Å²) in [5.41, 5.74) is -0.0310. The summed E-state index contributed by atoms with van der Waals surface area (Å²) in [6, 6.07) is 1.69. The van der Waals surface area contributed by atoms with Gasteiger partial charge in [-0.25, -0.2) is 9.78 Å². The number of nitrogens with zero attached hydrogens (tertiary/aromatic N) is 1. The SMILES string of the molecule is CC(C)(C)OC(=O)NCc1c(Br)ccnc1O. The molecule has 0 spiro atoms. The monoisotopic (exact) mass is 302 g/mol. The molecule has 0 radical (unpaired) electrons. The minimum Gasteiger partial charge on any atom is -0.493 e. The number of ether oxygens (including phenoxy) is 1. The zero-order valence-electron chi connectivity index (χ0n) is 9.95. The zero-order chi connectivity index (χ0) is 13.1. The Kier molecular flexibility index (Phi) is 4.34. The van der Waals surface area contributed by atoms with E-state index in [4.69, 9.17) is 4.74 Å². The standard InChI is InChI=1S/C11H15BrN2O3/c1-11(2,3)17-10(16)14-6-7-8(12)4-5-13-9(7)15/h4-5H,6H2,1-3H3,(H,13,15)(H,14,16). The van der Waals surface area contributed by atoms with Crippen molar-refractivity contribution in [2.75, 3.05) is 0 Å². The first-order chi connectivity index (χ1) is 7.79. The van der Waals surface area contributed by atoms with Gasteiger partial charge >= 0.3 is 6.09 Å². The Hall–Kier alpha value is -1.30. The summed E-state index contributed by atoms with van der Waals surface area (Å²) in [5, 5.41) is 12.0. The van der Waals surface area contributed by atoms with Crippen LogP contribution in [0.2, 0.25) is 0 Å². The molecule has 0 saturated heterocycles. The number of halogens is 1. The topological polar surface area (TPSA) is 71.5 Å². The largest absolute Gasteiger partial charge is 0.493 e. The van der Waals surface area contributed by atoms with Gasteiger partial charge in [-0.2, -0.15) is 0 Å².